The van der Waals surface area contributed by atoms with Crippen molar-refractivity contribution < 1.29 is 17.2 Å². The Balaban J connectivity index is 1.74. The molecule has 0 unspecified atom stereocenters. The van der Waals surface area contributed by atoms with E-state index < -0.39 is 26.6 Å². The molecule has 7 nitrogen and oxygen atoms in total. The van der Waals surface area contributed by atoms with E-state index in [1.165, 1.54) is 4.31 Å². The number of benzene rings is 1. The summed E-state index contributed by atoms with van der Waals surface area (Å²) in [4.78, 5) is 3.31. The molecule has 1 saturated heterocycles. The molecule has 26 heavy (non-hydrogen) atoms. The van der Waals surface area contributed by atoms with Crippen molar-refractivity contribution in [2.75, 3.05) is 50.1 Å². The molecule has 0 radical (unpaired) electrons. The van der Waals surface area contributed by atoms with Crippen LogP contribution >= 0.6 is 0 Å². The Morgan fingerprint density at radius 3 is 2.38 bits per heavy atom. The fourth-order valence-electron chi connectivity index (χ4n) is 2.73. The van der Waals surface area contributed by atoms with Gasteiger partial charge >= 0.3 is 0 Å². The van der Waals surface area contributed by atoms with E-state index in [1.807, 2.05) is 30.0 Å². The SMILES string of the molecule is CN(C)c1cnnc(N2CCN(S(=O)(=O)c3ccc(F)cc3F)CC2)c1. The Kier molecular flexibility index (Phi) is 5.05. The minimum Gasteiger partial charge on any atom is -0.376 e. The highest BCUT2D eigenvalue weighted by molar-refractivity contribution is 7.89. The lowest BCUT2D eigenvalue weighted by atomic mass is 10.3. The second-order valence-electron chi connectivity index (χ2n) is 6.13. The Bertz CT molecular complexity index is 899. The number of hydrogen-bond donors (Lipinski definition) is 0. The summed E-state index contributed by atoms with van der Waals surface area (Å²) in [5.41, 5.74) is 0.887. The summed E-state index contributed by atoms with van der Waals surface area (Å²) in [6, 6.07) is 4.34. The molecule has 1 fully saturated rings. The Labute approximate surface area is 150 Å². The molecule has 0 N–H and O–H groups in total. The molecular weight excluding hydrogens is 364 g/mol. The fraction of sp³-hybridized carbons (Fsp3) is 0.375. The minimum absolute atomic E-state index is 0.174. The van der Waals surface area contributed by atoms with Gasteiger partial charge in [-0.25, -0.2) is 17.2 Å². The first-order valence-electron chi connectivity index (χ1n) is 7.99. The molecule has 0 atom stereocenters. The summed E-state index contributed by atoms with van der Waals surface area (Å²) in [6.07, 6.45) is 1.64. The molecular formula is C16H19F2N5O2S. The fourth-order valence-corrected chi connectivity index (χ4v) is 4.19. The predicted molar refractivity (Wildman–Crippen MR) is 93.7 cm³/mol. The maximum atomic E-state index is 13.9. The third kappa shape index (κ3) is 3.61. The van der Waals surface area contributed by atoms with E-state index in [0.717, 1.165) is 17.8 Å². The van der Waals surface area contributed by atoms with Gasteiger partial charge in [0, 0.05) is 52.4 Å². The largest absolute Gasteiger partial charge is 0.376 e. The Morgan fingerprint density at radius 2 is 1.77 bits per heavy atom. The quantitative estimate of drug-likeness (QED) is 0.794. The molecule has 0 saturated carbocycles. The topological polar surface area (TPSA) is 69.6 Å². The highest BCUT2D eigenvalue weighted by atomic mass is 32.2. The maximum Gasteiger partial charge on any atom is 0.246 e. The Morgan fingerprint density at radius 1 is 1.08 bits per heavy atom. The van der Waals surface area contributed by atoms with Gasteiger partial charge in [0.05, 0.1) is 11.9 Å². The summed E-state index contributed by atoms with van der Waals surface area (Å²) >= 11 is 0. The average molecular weight is 383 g/mol. The third-order valence-electron chi connectivity index (χ3n) is 4.22. The van der Waals surface area contributed by atoms with Crippen molar-refractivity contribution in [2.24, 2.45) is 0 Å². The van der Waals surface area contributed by atoms with Gasteiger partial charge in [-0.1, -0.05) is 0 Å². The van der Waals surface area contributed by atoms with Crippen LogP contribution in [0.25, 0.3) is 0 Å². The van der Waals surface area contributed by atoms with Gasteiger partial charge in [-0.15, -0.1) is 5.10 Å². The van der Waals surface area contributed by atoms with Crippen LogP contribution in [0.4, 0.5) is 20.3 Å². The lowest BCUT2D eigenvalue weighted by Gasteiger charge is -2.34. The first-order chi connectivity index (χ1) is 12.3. The van der Waals surface area contributed by atoms with Gasteiger partial charge in [0.25, 0.3) is 0 Å². The van der Waals surface area contributed by atoms with Crippen LogP contribution in [0.1, 0.15) is 0 Å². The van der Waals surface area contributed by atoms with Crippen LogP contribution in [0.5, 0.6) is 0 Å². The number of rotatable bonds is 4. The van der Waals surface area contributed by atoms with E-state index in [4.69, 9.17) is 0 Å². The van der Waals surface area contributed by atoms with Crippen LogP contribution in [0.15, 0.2) is 35.4 Å². The second-order valence-corrected chi connectivity index (χ2v) is 8.04. The highest BCUT2D eigenvalue weighted by Crippen LogP contribution is 2.23. The zero-order chi connectivity index (χ0) is 18.9. The van der Waals surface area contributed by atoms with Crippen LogP contribution in [0, 0.1) is 11.6 Å². The van der Waals surface area contributed by atoms with Crippen LogP contribution in [0.2, 0.25) is 0 Å². The van der Waals surface area contributed by atoms with E-state index in [-0.39, 0.29) is 13.1 Å². The molecule has 2 aromatic rings. The van der Waals surface area contributed by atoms with Crippen molar-refractivity contribution in [3.8, 4) is 0 Å². The lowest BCUT2D eigenvalue weighted by molar-refractivity contribution is 0.380. The van der Waals surface area contributed by atoms with Gasteiger partial charge in [0.1, 0.15) is 16.5 Å². The molecule has 0 spiro atoms. The van der Waals surface area contributed by atoms with E-state index >= 15 is 0 Å². The molecule has 0 aliphatic carbocycles. The van der Waals surface area contributed by atoms with E-state index in [1.54, 1.807) is 6.20 Å². The Hall–Kier alpha value is -2.33. The van der Waals surface area contributed by atoms with Crippen molar-refractivity contribution in [3.05, 3.63) is 42.1 Å². The van der Waals surface area contributed by atoms with Gasteiger partial charge in [-0.05, 0) is 12.1 Å². The molecule has 10 heteroatoms. The first kappa shape index (κ1) is 18.5. The van der Waals surface area contributed by atoms with Gasteiger partial charge in [-0.2, -0.15) is 9.40 Å². The number of halogens is 2. The zero-order valence-electron chi connectivity index (χ0n) is 14.4. The smallest absolute Gasteiger partial charge is 0.246 e. The van der Waals surface area contributed by atoms with Crippen molar-refractivity contribution in [1.82, 2.24) is 14.5 Å². The average Bonchev–Trinajstić information content (AvgIpc) is 2.61. The summed E-state index contributed by atoms with van der Waals surface area (Å²) in [5.74, 6) is -1.25. The number of sulfonamides is 1. The van der Waals surface area contributed by atoms with Gasteiger partial charge in [0.2, 0.25) is 10.0 Å². The molecule has 3 rings (SSSR count). The van der Waals surface area contributed by atoms with Gasteiger partial charge in [0.15, 0.2) is 5.82 Å². The maximum absolute atomic E-state index is 13.9. The van der Waals surface area contributed by atoms with Crippen molar-refractivity contribution >= 4 is 21.5 Å². The molecule has 2 heterocycles. The van der Waals surface area contributed by atoms with E-state index in [0.29, 0.717) is 25.0 Å². The molecule has 0 amide bonds. The summed E-state index contributed by atoms with van der Waals surface area (Å²) in [5, 5.41) is 8.06. The van der Waals surface area contributed by atoms with Gasteiger partial charge < -0.3 is 9.80 Å². The summed E-state index contributed by atoms with van der Waals surface area (Å²) in [7, 11) is -0.233. The van der Waals surface area contributed by atoms with Crippen molar-refractivity contribution in [2.45, 2.75) is 4.90 Å². The second kappa shape index (κ2) is 7.12. The van der Waals surface area contributed by atoms with E-state index in [2.05, 4.69) is 10.2 Å². The zero-order valence-corrected chi connectivity index (χ0v) is 15.2. The van der Waals surface area contributed by atoms with Crippen molar-refractivity contribution in [1.29, 1.82) is 0 Å². The third-order valence-corrected chi connectivity index (χ3v) is 6.15. The number of piperazine rings is 1. The molecule has 0 bridgehead atoms. The number of aromatic nitrogens is 2. The molecule has 1 aromatic heterocycles. The number of hydrogen-bond acceptors (Lipinski definition) is 6. The van der Waals surface area contributed by atoms with Crippen molar-refractivity contribution in [3.63, 3.8) is 0 Å². The predicted octanol–water partition coefficient (Wildman–Crippen LogP) is 1.33. The molecule has 1 aromatic carbocycles. The van der Waals surface area contributed by atoms with E-state index in [9.17, 15) is 17.2 Å². The van der Waals surface area contributed by atoms with Crippen LogP contribution in [-0.2, 0) is 10.0 Å². The number of anilines is 2. The summed E-state index contributed by atoms with van der Waals surface area (Å²) in [6.45, 7) is 1.14. The minimum atomic E-state index is -4.02. The number of nitrogens with zero attached hydrogens (tertiary/aromatic N) is 5. The van der Waals surface area contributed by atoms with Crippen LogP contribution in [-0.4, -0.2) is 63.2 Å². The molecule has 140 valence electrons. The van der Waals surface area contributed by atoms with Crippen LogP contribution < -0.4 is 9.80 Å². The lowest BCUT2D eigenvalue weighted by Crippen LogP contribution is -2.49. The normalized spacial score (nSPS) is 15.9. The summed E-state index contributed by atoms with van der Waals surface area (Å²) < 4.78 is 53.3. The van der Waals surface area contributed by atoms with Crippen LogP contribution in [0.3, 0.4) is 0 Å². The van der Waals surface area contributed by atoms with Gasteiger partial charge in [-0.3, -0.25) is 0 Å². The first-order valence-corrected chi connectivity index (χ1v) is 9.43. The molecule has 1 aliphatic rings. The highest BCUT2D eigenvalue weighted by Gasteiger charge is 2.31. The standard InChI is InChI=1S/C16H19F2N5O2S/c1-21(2)13-10-16(20-19-11-13)22-5-7-23(8-6-22)26(24,25)15-4-3-12(17)9-14(15)18/h3-4,9-11H,5-8H2,1-2H3. The monoisotopic (exact) mass is 383 g/mol. The molecule has 1 aliphatic heterocycles.